The molecule has 0 radical (unpaired) electrons. The zero-order chi connectivity index (χ0) is 17.0. The van der Waals surface area contributed by atoms with Gasteiger partial charge >= 0.3 is 0 Å². The highest BCUT2D eigenvalue weighted by molar-refractivity contribution is 5.91. The summed E-state index contributed by atoms with van der Waals surface area (Å²) in [5, 5.41) is 2.91. The first-order chi connectivity index (χ1) is 10.3. The van der Waals surface area contributed by atoms with E-state index in [1.807, 2.05) is 13.8 Å². The molecule has 23 heavy (non-hydrogen) atoms. The zero-order valence-corrected chi connectivity index (χ0v) is 16.0. The van der Waals surface area contributed by atoms with Crippen LogP contribution in [0.4, 0.5) is 0 Å². The van der Waals surface area contributed by atoms with Crippen LogP contribution in [0.5, 0.6) is 0 Å². The van der Waals surface area contributed by atoms with Crippen LogP contribution in [0.1, 0.15) is 103 Å². The summed E-state index contributed by atoms with van der Waals surface area (Å²) in [5.74, 6) is 1.73. The summed E-state index contributed by atoms with van der Waals surface area (Å²) in [5.41, 5.74) is 5.98. The molecule has 0 saturated carbocycles. The molecule has 0 aromatic heterocycles. The molecule has 2 aromatic carbocycles. The fourth-order valence-electron chi connectivity index (χ4n) is 3.49. The van der Waals surface area contributed by atoms with Crippen molar-refractivity contribution in [2.45, 2.75) is 87.5 Å². The van der Waals surface area contributed by atoms with Crippen LogP contribution in [0.2, 0.25) is 0 Å². The molecule has 0 heteroatoms. The highest BCUT2D eigenvalue weighted by atomic mass is 14.2. The standard InChI is InChI=1S/C20H28.C2H6.CH4/c1-12(2)16-10-11-17-18(20(16)14(5)6)9-8-15(7)19(17)13(3)4;1-2;/h8-14H,1-7H3;1-2H3;1H4. The lowest BCUT2D eigenvalue weighted by atomic mass is 9.83. The molecule has 0 spiro atoms. The van der Waals surface area contributed by atoms with Crippen LogP contribution >= 0.6 is 0 Å². The first-order valence-electron chi connectivity index (χ1n) is 8.90. The third kappa shape index (κ3) is 4.37. The van der Waals surface area contributed by atoms with Crippen molar-refractivity contribution >= 4 is 10.8 Å². The summed E-state index contributed by atoms with van der Waals surface area (Å²) >= 11 is 0. The molecule has 0 heterocycles. The monoisotopic (exact) mass is 314 g/mol. The van der Waals surface area contributed by atoms with Gasteiger partial charge in [0.15, 0.2) is 0 Å². The van der Waals surface area contributed by atoms with Gasteiger partial charge in [0.05, 0.1) is 0 Å². The van der Waals surface area contributed by atoms with Gasteiger partial charge in [-0.2, -0.15) is 0 Å². The van der Waals surface area contributed by atoms with Gasteiger partial charge in [0.1, 0.15) is 0 Å². The molecule has 0 nitrogen and oxygen atoms in total. The minimum absolute atomic E-state index is 0. The van der Waals surface area contributed by atoms with Crippen molar-refractivity contribution in [3.8, 4) is 0 Å². The van der Waals surface area contributed by atoms with Crippen LogP contribution in [0, 0.1) is 6.92 Å². The van der Waals surface area contributed by atoms with Gasteiger partial charge in [0, 0.05) is 0 Å². The van der Waals surface area contributed by atoms with E-state index in [2.05, 4.69) is 72.7 Å². The topological polar surface area (TPSA) is 0 Å². The van der Waals surface area contributed by atoms with Crippen LogP contribution in [-0.2, 0) is 0 Å². The zero-order valence-electron chi connectivity index (χ0n) is 16.0. The van der Waals surface area contributed by atoms with Crippen LogP contribution in [0.25, 0.3) is 10.8 Å². The maximum atomic E-state index is 2.35. The van der Waals surface area contributed by atoms with E-state index in [4.69, 9.17) is 0 Å². The van der Waals surface area contributed by atoms with E-state index in [0.29, 0.717) is 17.8 Å². The third-order valence-electron chi connectivity index (χ3n) is 4.31. The normalized spacial score (nSPS) is 10.8. The van der Waals surface area contributed by atoms with Gasteiger partial charge in [-0.3, -0.25) is 0 Å². The maximum absolute atomic E-state index is 2.35. The number of rotatable bonds is 3. The van der Waals surface area contributed by atoms with E-state index < -0.39 is 0 Å². The van der Waals surface area contributed by atoms with E-state index in [1.165, 1.54) is 27.5 Å². The molecule has 2 aromatic rings. The second-order valence-corrected chi connectivity index (χ2v) is 6.92. The summed E-state index contributed by atoms with van der Waals surface area (Å²) < 4.78 is 0. The molecule has 0 saturated heterocycles. The summed E-state index contributed by atoms with van der Waals surface area (Å²) in [7, 11) is 0. The number of benzene rings is 2. The summed E-state index contributed by atoms with van der Waals surface area (Å²) in [6.45, 7) is 20.1. The Balaban J connectivity index is 0.00000155. The van der Waals surface area contributed by atoms with Crippen LogP contribution in [0.15, 0.2) is 24.3 Å². The Hall–Kier alpha value is -1.30. The van der Waals surface area contributed by atoms with Crippen molar-refractivity contribution in [2.75, 3.05) is 0 Å². The maximum Gasteiger partial charge on any atom is -0.0143 e. The van der Waals surface area contributed by atoms with Crippen molar-refractivity contribution in [3.05, 3.63) is 46.5 Å². The Morgan fingerprint density at radius 3 is 1.48 bits per heavy atom. The van der Waals surface area contributed by atoms with E-state index in [9.17, 15) is 0 Å². The molecule has 0 unspecified atom stereocenters. The highest BCUT2D eigenvalue weighted by Gasteiger charge is 2.17. The molecule has 2 rings (SSSR count). The molecule has 0 aliphatic rings. The Morgan fingerprint density at radius 2 is 1.04 bits per heavy atom. The molecule has 130 valence electrons. The van der Waals surface area contributed by atoms with E-state index >= 15 is 0 Å². The quantitative estimate of drug-likeness (QED) is 0.535. The Bertz CT molecular complexity index is 615. The molecule has 0 bridgehead atoms. The van der Waals surface area contributed by atoms with Crippen molar-refractivity contribution in [1.29, 1.82) is 0 Å². The molecular weight excluding hydrogens is 276 g/mol. The lowest BCUT2D eigenvalue weighted by Crippen LogP contribution is -2.02. The van der Waals surface area contributed by atoms with Gasteiger partial charge in [-0.15, -0.1) is 0 Å². The number of aryl methyl sites for hydroxylation is 1. The Labute approximate surface area is 145 Å². The molecular formula is C23H38. The highest BCUT2D eigenvalue weighted by Crippen LogP contribution is 2.37. The molecule has 0 aliphatic heterocycles. The second kappa shape index (κ2) is 9.11. The van der Waals surface area contributed by atoms with E-state index in [-0.39, 0.29) is 7.43 Å². The Morgan fingerprint density at radius 1 is 0.609 bits per heavy atom. The second-order valence-electron chi connectivity index (χ2n) is 6.92. The molecule has 0 atom stereocenters. The summed E-state index contributed by atoms with van der Waals surface area (Å²) in [6, 6.07) is 9.33. The van der Waals surface area contributed by atoms with Gasteiger partial charge in [0.2, 0.25) is 0 Å². The Kier molecular flexibility index (Phi) is 8.59. The molecule has 0 N–H and O–H groups in total. The minimum Gasteiger partial charge on any atom is -0.0776 e. The van der Waals surface area contributed by atoms with Crippen LogP contribution < -0.4 is 0 Å². The van der Waals surface area contributed by atoms with Gasteiger partial charge in [-0.05, 0) is 57.7 Å². The van der Waals surface area contributed by atoms with Gasteiger partial charge < -0.3 is 0 Å². The van der Waals surface area contributed by atoms with Gasteiger partial charge in [0.25, 0.3) is 0 Å². The molecule has 0 fully saturated rings. The lowest BCUT2D eigenvalue weighted by molar-refractivity contribution is 0.797. The van der Waals surface area contributed by atoms with Crippen molar-refractivity contribution in [3.63, 3.8) is 0 Å². The largest absolute Gasteiger partial charge is 0.0776 e. The first-order valence-corrected chi connectivity index (χ1v) is 8.90. The van der Waals surface area contributed by atoms with Gasteiger partial charge in [-0.1, -0.05) is 87.1 Å². The van der Waals surface area contributed by atoms with Crippen LogP contribution in [-0.4, -0.2) is 0 Å². The predicted molar refractivity (Wildman–Crippen MR) is 109 cm³/mol. The number of fused-ring (bicyclic) bond motifs is 1. The average molecular weight is 315 g/mol. The molecule has 0 amide bonds. The van der Waals surface area contributed by atoms with Gasteiger partial charge in [-0.25, -0.2) is 0 Å². The average Bonchev–Trinajstić information content (AvgIpc) is 2.46. The number of hydrogen-bond acceptors (Lipinski definition) is 0. The van der Waals surface area contributed by atoms with Crippen molar-refractivity contribution < 1.29 is 0 Å². The fourth-order valence-corrected chi connectivity index (χ4v) is 3.49. The first kappa shape index (κ1) is 21.7. The predicted octanol–water partition coefficient (Wildman–Crippen LogP) is 8.18. The third-order valence-corrected chi connectivity index (χ3v) is 4.31. The summed E-state index contributed by atoms with van der Waals surface area (Å²) in [6.07, 6.45) is 0. The van der Waals surface area contributed by atoms with Crippen LogP contribution in [0.3, 0.4) is 0 Å². The smallest absolute Gasteiger partial charge is 0.0143 e. The molecule has 0 aliphatic carbocycles. The number of hydrogen-bond donors (Lipinski definition) is 0. The summed E-state index contributed by atoms with van der Waals surface area (Å²) in [4.78, 5) is 0. The SMILES string of the molecule is C.CC.Cc1ccc2c(C(C)C)c(C(C)C)ccc2c1C(C)C. The minimum atomic E-state index is 0. The van der Waals surface area contributed by atoms with Crippen molar-refractivity contribution in [1.82, 2.24) is 0 Å². The fraction of sp³-hybridized carbons (Fsp3) is 0.565. The van der Waals surface area contributed by atoms with Crippen molar-refractivity contribution in [2.24, 2.45) is 0 Å². The lowest BCUT2D eigenvalue weighted by Gasteiger charge is -2.22. The van der Waals surface area contributed by atoms with E-state index in [0.717, 1.165) is 0 Å². The van der Waals surface area contributed by atoms with E-state index in [1.54, 1.807) is 5.56 Å².